The van der Waals surface area contributed by atoms with Crippen LogP contribution in [0.5, 0.6) is 0 Å². The van der Waals surface area contributed by atoms with Crippen molar-refractivity contribution in [3.63, 3.8) is 0 Å². The van der Waals surface area contributed by atoms with Crippen molar-refractivity contribution >= 4 is 29.3 Å². The molecule has 232 valence electrons. The van der Waals surface area contributed by atoms with Crippen molar-refractivity contribution in [2.75, 3.05) is 50.4 Å². The van der Waals surface area contributed by atoms with Crippen LogP contribution in [0, 0.1) is 5.92 Å². The highest BCUT2D eigenvalue weighted by atomic mass is 16.6. The first kappa shape index (κ1) is 31.2. The van der Waals surface area contributed by atoms with Gasteiger partial charge in [-0.3, -0.25) is 19.8 Å². The van der Waals surface area contributed by atoms with Gasteiger partial charge in [0, 0.05) is 56.8 Å². The molecule has 9 nitrogen and oxygen atoms in total. The Morgan fingerprint density at radius 2 is 1.43 bits per heavy atom. The summed E-state index contributed by atoms with van der Waals surface area (Å²) in [6.45, 7) is 4.89. The van der Waals surface area contributed by atoms with Gasteiger partial charge in [0.1, 0.15) is 6.10 Å². The number of para-hydroxylation sites is 1. The summed E-state index contributed by atoms with van der Waals surface area (Å²) in [6, 6.07) is 25.7. The molecular formula is C35H43N5O4. The second-order valence-electron chi connectivity index (χ2n) is 11.6. The molecule has 0 bridgehead atoms. The van der Waals surface area contributed by atoms with Gasteiger partial charge in [0.25, 0.3) is 0 Å². The van der Waals surface area contributed by atoms with Crippen LogP contribution >= 0.6 is 0 Å². The second kappa shape index (κ2) is 15.5. The SMILES string of the molecule is CNC(=O)C1CCN(Cc2ccc(NC(=O)CCN3CCC(OC(=O)Nc4ccccc4-c4ccccc4)CC3)cc2)CC1. The van der Waals surface area contributed by atoms with Crippen LogP contribution in [0.15, 0.2) is 78.9 Å². The fraction of sp³-hybridized carbons (Fsp3) is 0.400. The van der Waals surface area contributed by atoms with Crippen molar-refractivity contribution in [1.29, 1.82) is 0 Å². The second-order valence-corrected chi connectivity index (χ2v) is 11.6. The lowest BCUT2D eigenvalue weighted by Gasteiger charge is -2.31. The number of likely N-dealkylation sites (tertiary alicyclic amines) is 2. The van der Waals surface area contributed by atoms with Crippen molar-refractivity contribution in [3.8, 4) is 11.1 Å². The number of ether oxygens (including phenoxy) is 1. The first-order chi connectivity index (χ1) is 21.5. The lowest BCUT2D eigenvalue weighted by molar-refractivity contribution is -0.126. The van der Waals surface area contributed by atoms with Gasteiger partial charge in [0.2, 0.25) is 11.8 Å². The highest BCUT2D eigenvalue weighted by molar-refractivity contribution is 5.92. The maximum Gasteiger partial charge on any atom is 0.411 e. The normalized spacial score (nSPS) is 16.7. The monoisotopic (exact) mass is 597 g/mol. The molecule has 2 aliphatic heterocycles. The number of piperidine rings is 2. The zero-order chi connectivity index (χ0) is 30.7. The van der Waals surface area contributed by atoms with Crippen molar-refractivity contribution in [1.82, 2.24) is 15.1 Å². The van der Waals surface area contributed by atoms with Crippen molar-refractivity contribution in [3.05, 3.63) is 84.4 Å². The van der Waals surface area contributed by atoms with E-state index >= 15 is 0 Å². The summed E-state index contributed by atoms with van der Waals surface area (Å²) in [5, 5.41) is 8.68. The Bertz CT molecular complexity index is 1380. The fourth-order valence-corrected chi connectivity index (χ4v) is 6.00. The van der Waals surface area contributed by atoms with E-state index in [0.29, 0.717) is 13.0 Å². The van der Waals surface area contributed by atoms with Crippen LogP contribution in [0.2, 0.25) is 0 Å². The molecule has 0 saturated carbocycles. The molecule has 44 heavy (non-hydrogen) atoms. The molecule has 0 atom stereocenters. The van der Waals surface area contributed by atoms with E-state index in [1.54, 1.807) is 7.05 Å². The highest BCUT2D eigenvalue weighted by Gasteiger charge is 2.25. The Morgan fingerprint density at radius 1 is 0.773 bits per heavy atom. The summed E-state index contributed by atoms with van der Waals surface area (Å²) >= 11 is 0. The predicted octanol–water partition coefficient (Wildman–Crippen LogP) is 5.35. The van der Waals surface area contributed by atoms with E-state index in [-0.39, 0.29) is 23.8 Å². The first-order valence-corrected chi connectivity index (χ1v) is 15.6. The molecule has 2 aliphatic rings. The van der Waals surface area contributed by atoms with Crippen LogP contribution in [0.25, 0.3) is 11.1 Å². The molecular weight excluding hydrogens is 554 g/mol. The summed E-state index contributed by atoms with van der Waals surface area (Å²) < 4.78 is 5.74. The molecule has 9 heteroatoms. The van der Waals surface area contributed by atoms with E-state index in [1.807, 2.05) is 66.7 Å². The molecule has 0 spiro atoms. The molecule has 2 saturated heterocycles. The third kappa shape index (κ3) is 8.90. The Morgan fingerprint density at radius 3 is 2.14 bits per heavy atom. The Labute approximate surface area is 260 Å². The molecule has 3 aromatic carbocycles. The van der Waals surface area contributed by atoms with E-state index in [9.17, 15) is 14.4 Å². The van der Waals surface area contributed by atoms with Gasteiger partial charge in [-0.05, 0) is 68.1 Å². The van der Waals surface area contributed by atoms with E-state index in [4.69, 9.17) is 4.74 Å². The summed E-state index contributed by atoms with van der Waals surface area (Å²) in [4.78, 5) is 41.8. The molecule has 2 heterocycles. The maximum absolute atomic E-state index is 12.7. The topological polar surface area (TPSA) is 103 Å². The third-order valence-corrected chi connectivity index (χ3v) is 8.56. The molecule has 0 radical (unpaired) electrons. The van der Waals surface area contributed by atoms with Crippen LogP contribution in [0.4, 0.5) is 16.2 Å². The van der Waals surface area contributed by atoms with Gasteiger partial charge < -0.3 is 20.3 Å². The highest BCUT2D eigenvalue weighted by Crippen LogP contribution is 2.28. The number of nitrogens with one attached hydrogen (secondary N) is 3. The number of amides is 3. The summed E-state index contributed by atoms with van der Waals surface area (Å²) in [5.74, 6) is 0.253. The lowest BCUT2D eigenvalue weighted by Crippen LogP contribution is -2.39. The number of benzene rings is 3. The minimum absolute atomic E-state index is 0.0103. The summed E-state index contributed by atoms with van der Waals surface area (Å²) in [7, 11) is 1.70. The average molecular weight is 598 g/mol. The van der Waals surface area contributed by atoms with E-state index in [1.165, 1.54) is 5.56 Å². The molecule has 0 aliphatic carbocycles. The Balaban J connectivity index is 0.983. The molecule has 3 N–H and O–H groups in total. The van der Waals surface area contributed by atoms with E-state index in [0.717, 1.165) is 80.9 Å². The zero-order valence-corrected chi connectivity index (χ0v) is 25.5. The minimum Gasteiger partial charge on any atom is -0.446 e. The van der Waals surface area contributed by atoms with Gasteiger partial charge in [0.05, 0.1) is 5.69 Å². The first-order valence-electron chi connectivity index (χ1n) is 15.6. The maximum atomic E-state index is 12.7. The quantitative estimate of drug-likeness (QED) is 0.291. The standard InChI is InChI=1S/C35H43N5O4/c1-36-34(42)28-15-20-40(21-16-28)25-26-11-13-29(14-12-26)37-33(41)19-24-39-22-17-30(18-23-39)44-35(43)38-32-10-6-5-9-31(32)27-7-3-2-4-8-27/h2-14,28,30H,15-25H2,1H3,(H,36,42)(H,37,41)(H,38,43). The summed E-state index contributed by atoms with van der Waals surface area (Å²) in [6.07, 6.45) is 3.06. The fourth-order valence-electron chi connectivity index (χ4n) is 6.00. The molecule has 0 unspecified atom stereocenters. The van der Waals surface area contributed by atoms with Gasteiger partial charge in [-0.25, -0.2) is 4.79 Å². The number of hydrogen-bond donors (Lipinski definition) is 3. The smallest absolute Gasteiger partial charge is 0.411 e. The van der Waals surface area contributed by atoms with Crippen LogP contribution in [0.3, 0.4) is 0 Å². The molecule has 0 aromatic heterocycles. The predicted molar refractivity (Wildman–Crippen MR) is 173 cm³/mol. The summed E-state index contributed by atoms with van der Waals surface area (Å²) in [5.41, 5.74) is 4.69. The zero-order valence-electron chi connectivity index (χ0n) is 25.5. The van der Waals surface area contributed by atoms with Crippen LogP contribution in [-0.2, 0) is 20.9 Å². The Hall–Kier alpha value is -4.21. The minimum atomic E-state index is -0.442. The van der Waals surface area contributed by atoms with Crippen LogP contribution < -0.4 is 16.0 Å². The third-order valence-electron chi connectivity index (χ3n) is 8.56. The number of nitrogens with zero attached hydrogens (tertiary/aromatic N) is 2. The number of rotatable bonds is 10. The molecule has 3 amide bonds. The van der Waals surface area contributed by atoms with Crippen LogP contribution in [-0.4, -0.2) is 73.6 Å². The number of hydrogen-bond acceptors (Lipinski definition) is 6. The van der Waals surface area contributed by atoms with Crippen molar-refractivity contribution in [2.24, 2.45) is 5.92 Å². The largest absolute Gasteiger partial charge is 0.446 e. The molecule has 2 fully saturated rings. The van der Waals surface area contributed by atoms with E-state index in [2.05, 4.69) is 37.9 Å². The average Bonchev–Trinajstić information content (AvgIpc) is 3.06. The number of carbonyl (C=O) groups excluding carboxylic acids is 3. The van der Waals surface area contributed by atoms with Crippen LogP contribution in [0.1, 0.15) is 37.7 Å². The number of carbonyl (C=O) groups is 3. The van der Waals surface area contributed by atoms with Gasteiger partial charge in [0.15, 0.2) is 0 Å². The molecule has 3 aromatic rings. The van der Waals surface area contributed by atoms with Gasteiger partial charge in [-0.2, -0.15) is 0 Å². The number of anilines is 2. The van der Waals surface area contributed by atoms with Gasteiger partial charge >= 0.3 is 6.09 Å². The molecule has 5 rings (SSSR count). The van der Waals surface area contributed by atoms with E-state index < -0.39 is 6.09 Å². The van der Waals surface area contributed by atoms with Gasteiger partial charge in [-0.15, -0.1) is 0 Å². The van der Waals surface area contributed by atoms with Crippen molar-refractivity contribution < 1.29 is 19.1 Å². The van der Waals surface area contributed by atoms with Crippen molar-refractivity contribution in [2.45, 2.75) is 44.8 Å². The van der Waals surface area contributed by atoms with Gasteiger partial charge in [-0.1, -0.05) is 60.7 Å². The lowest BCUT2D eigenvalue weighted by atomic mass is 9.95. The Kier molecular flexibility index (Phi) is 11.0.